The number of nitrogens with zero attached hydrogens (tertiary/aromatic N) is 2. The van der Waals surface area contributed by atoms with Crippen LogP contribution in [0.5, 0.6) is 0 Å². The maximum absolute atomic E-state index is 12.9. The van der Waals surface area contributed by atoms with Crippen LogP contribution < -0.4 is 16.2 Å². The Labute approximate surface area is 162 Å². The molecule has 146 valence electrons. The van der Waals surface area contributed by atoms with Crippen molar-refractivity contribution in [2.45, 2.75) is 51.2 Å². The van der Waals surface area contributed by atoms with Crippen LogP contribution >= 0.6 is 11.8 Å². The van der Waals surface area contributed by atoms with Gasteiger partial charge in [-0.05, 0) is 31.9 Å². The highest BCUT2D eigenvalue weighted by atomic mass is 32.2. The number of thioether (sulfide) groups is 1. The van der Waals surface area contributed by atoms with Crippen molar-refractivity contribution < 1.29 is 9.59 Å². The fourth-order valence-corrected chi connectivity index (χ4v) is 3.41. The molecule has 0 saturated heterocycles. The predicted octanol–water partition coefficient (Wildman–Crippen LogP) is 3.09. The van der Waals surface area contributed by atoms with Crippen LogP contribution in [0.4, 0.5) is 4.79 Å². The molecule has 1 heterocycles. The van der Waals surface area contributed by atoms with E-state index in [2.05, 4.69) is 15.6 Å². The second-order valence-electron chi connectivity index (χ2n) is 6.29. The van der Waals surface area contributed by atoms with Gasteiger partial charge >= 0.3 is 6.03 Å². The number of carbonyl (C=O) groups is 2. The van der Waals surface area contributed by atoms with Crippen molar-refractivity contribution in [1.82, 2.24) is 20.2 Å². The SMILES string of the molecule is CCCCNC(=O)NC(=O)CSc1nc2ccccc2c(=O)n1[C@@H](C)CC. The number of rotatable bonds is 8. The number of carbonyl (C=O) groups excluding carboxylic acids is 2. The fourth-order valence-electron chi connectivity index (χ4n) is 2.51. The van der Waals surface area contributed by atoms with Crippen molar-refractivity contribution >= 4 is 34.6 Å². The summed E-state index contributed by atoms with van der Waals surface area (Å²) in [5.74, 6) is -0.422. The number of nitrogens with one attached hydrogen (secondary N) is 2. The Kier molecular flexibility index (Phi) is 7.84. The molecule has 0 fully saturated rings. The summed E-state index contributed by atoms with van der Waals surface area (Å²) in [7, 11) is 0. The summed E-state index contributed by atoms with van der Waals surface area (Å²) in [5.41, 5.74) is 0.484. The van der Waals surface area contributed by atoms with E-state index in [0.29, 0.717) is 22.6 Å². The van der Waals surface area contributed by atoms with E-state index in [1.807, 2.05) is 32.9 Å². The number of urea groups is 1. The molecular formula is C19H26N4O3S. The van der Waals surface area contributed by atoms with Gasteiger partial charge in [-0.25, -0.2) is 9.78 Å². The van der Waals surface area contributed by atoms with Gasteiger partial charge in [0.2, 0.25) is 5.91 Å². The summed E-state index contributed by atoms with van der Waals surface area (Å²) < 4.78 is 1.63. The van der Waals surface area contributed by atoms with Gasteiger partial charge in [-0.2, -0.15) is 0 Å². The normalized spacial score (nSPS) is 12.0. The van der Waals surface area contributed by atoms with Gasteiger partial charge in [-0.1, -0.05) is 44.2 Å². The standard InChI is InChI=1S/C19H26N4O3S/c1-4-6-11-20-18(26)22-16(24)12-27-19-21-15-10-8-7-9-14(15)17(25)23(19)13(3)5-2/h7-10,13H,4-6,11-12H2,1-3H3,(H2,20,22,24,26)/t13-/m0/s1. The molecule has 0 spiro atoms. The fraction of sp³-hybridized carbons (Fsp3) is 0.474. The van der Waals surface area contributed by atoms with Gasteiger partial charge in [0.25, 0.3) is 5.56 Å². The molecule has 1 aromatic carbocycles. The Hall–Kier alpha value is -2.35. The first-order chi connectivity index (χ1) is 13.0. The van der Waals surface area contributed by atoms with Gasteiger partial charge in [0.15, 0.2) is 5.16 Å². The Bertz CT molecular complexity index is 866. The average Bonchev–Trinajstić information content (AvgIpc) is 2.66. The highest BCUT2D eigenvalue weighted by Gasteiger charge is 2.17. The number of hydrogen-bond acceptors (Lipinski definition) is 5. The molecule has 0 aliphatic rings. The average molecular weight is 391 g/mol. The largest absolute Gasteiger partial charge is 0.338 e. The molecule has 0 unspecified atom stereocenters. The lowest BCUT2D eigenvalue weighted by molar-refractivity contribution is -0.117. The van der Waals surface area contributed by atoms with Crippen LogP contribution in [0.25, 0.3) is 10.9 Å². The minimum atomic E-state index is -0.500. The van der Waals surface area contributed by atoms with Crippen molar-refractivity contribution in [2.75, 3.05) is 12.3 Å². The summed E-state index contributed by atoms with van der Waals surface area (Å²) in [6, 6.07) is 6.62. The van der Waals surface area contributed by atoms with Crippen LogP contribution in [0.15, 0.2) is 34.2 Å². The highest BCUT2D eigenvalue weighted by molar-refractivity contribution is 7.99. The summed E-state index contributed by atoms with van der Waals surface area (Å²) in [6.07, 6.45) is 2.59. The highest BCUT2D eigenvalue weighted by Crippen LogP contribution is 2.22. The maximum Gasteiger partial charge on any atom is 0.321 e. The molecule has 2 rings (SSSR count). The quantitative estimate of drug-likeness (QED) is 0.410. The summed E-state index contributed by atoms with van der Waals surface area (Å²) in [6.45, 7) is 6.49. The third-order valence-corrected chi connectivity index (χ3v) is 5.16. The number of para-hydroxylation sites is 1. The smallest absolute Gasteiger partial charge is 0.321 e. The molecule has 0 aliphatic heterocycles. The third kappa shape index (κ3) is 5.56. The maximum atomic E-state index is 12.9. The number of hydrogen-bond donors (Lipinski definition) is 2. The molecule has 0 radical (unpaired) electrons. The van der Waals surface area contributed by atoms with Crippen molar-refractivity contribution in [2.24, 2.45) is 0 Å². The second-order valence-corrected chi connectivity index (χ2v) is 7.23. The van der Waals surface area contributed by atoms with Crippen LogP contribution in [0.3, 0.4) is 0 Å². The number of benzene rings is 1. The predicted molar refractivity (Wildman–Crippen MR) is 108 cm³/mol. The molecule has 0 aliphatic carbocycles. The minimum Gasteiger partial charge on any atom is -0.338 e. The van der Waals surface area contributed by atoms with E-state index < -0.39 is 11.9 Å². The first-order valence-electron chi connectivity index (χ1n) is 9.19. The zero-order valence-electron chi connectivity index (χ0n) is 15.9. The van der Waals surface area contributed by atoms with Crippen molar-refractivity contribution in [3.63, 3.8) is 0 Å². The van der Waals surface area contributed by atoms with E-state index in [9.17, 15) is 14.4 Å². The Morgan fingerprint density at radius 3 is 2.70 bits per heavy atom. The Morgan fingerprint density at radius 1 is 1.26 bits per heavy atom. The Morgan fingerprint density at radius 2 is 2.00 bits per heavy atom. The Balaban J connectivity index is 2.14. The van der Waals surface area contributed by atoms with E-state index in [-0.39, 0.29) is 17.4 Å². The molecule has 1 atom stereocenters. The summed E-state index contributed by atoms with van der Waals surface area (Å²) in [5, 5.41) is 5.97. The first kappa shape index (κ1) is 21.0. The van der Waals surface area contributed by atoms with Crippen molar-refractivity contribution in [1.29, 1.82) is 0 Å². The molecule has 3 amide bonds. The van der Waals surface area contributed by atoms with E-state index in [1.165, 1.54) is 0 Å². The third-order valence-electron chi connectivity index (χ3n) is 4.21. The number of imide groups is 1. The van der Waals surface area contributed by atoms with E-state index in [0.717, 1.165) is 31.0 Å². The number of unbranched alkanes of at least 4 members (excludes halogenated alkanes) is 1. The van der Waals surface area contributed by atoms with E-state index in [4.69, 9.17) is 0 Å². The van der Waals surface area contributed by atoms with Crippen LogP contribution in [0.2, 0.25) is 0 Å². The lowest BCUT2D eigenvalue weighted by Gasteiger charge is -2.18. The number of fused-ring (bicyclic) bond motifs is 1. The van der Waals surface area contributed by atoms with Gasteiger partial charge in [-0.15, -0.1) is 0 Å². The lowest BCUT2D eigenvalue weighted by Crippen LogP contribution is -2.40. The molecule has 0 saturated carbocycles. The van der Waals surface area contributed by atoms with E-state index >= 15 is 0 Å². The molecular weight excluding hydrogens is 364 g/mol. The van der Waals surface area contributed by atoms with Gasteiger partial charge in [0.05, 0.1) is 16.7 Å². The molecule has 27 heavy (non-hydrogen) atoms. The molecule has 7 nitrogen and oxygen atoms in total. The van der Waals surface area contributed by atoms with Crippen LogP contribution in [-0.4, -0.2) is 33.8 Å². The van der Waals surface area contributed by atoms with Gasteiger partial charge in [0, 0.05) is 12.6 Å². The zero-order valence-corrected chi connectivity index (χ0v) is 16.8. The van der Waals surface area contributed by atoms with Gasteiger partial charge < -0.3 is 5.32 Å². The monoisotopic (exact) mass is 390 g/mol. The van der Waals surface area contributed by atoms with Crippen LogP contribution in [0, 0.1) is 0 Å². The number of amides is 3. The van der Waals surface area contributed by atoms with Crippen LogP contribution in [0.1, 0.15) is 46.1 Å². The summed E-state index contributed by atoms with van der Waals surface area (Å²) >= 11 is 1.16. The molecule has 1 aromatic heterocycles. The lowest BCUT2D eigenvalue weighted by atomic mass is 10.2. The molecule has 2 aromatic rings. The second kappa shape index (κ2) is 10.1. The number of aromatic nitrogens is 2. The first-order valence-corrected chi connectivity index (χ1v) is 10.2. The van der Waals surface area contributed by atoms with Crippen LogP contribution in [-0.2, 0) is 4.79 Å². The zero-order chi connectivity index (χ0) is 19.8. The minimum absolute atomic E-state index is 0.00239. The van der Waals surface area contributed by atoms with Gasteiger partial charge in [-0.3, -0.25) is 19.5 Å². The summed E-state index contributed by atoms with van der Waals surface area (Å²) in [4.78, 5) is 41.1. The topological polar surface area (TPSA) is 93.1 Å². The molecule has 0 bridgehead atoms. The van der Waals surface area contributed by atoms with Gasteiger partial charge in [0.1, 0.15) is 0 Å². The van der Waals surface area contributed by atoms with Crippen molar-refractivity contribution in [3.8, 4) is 0 Å². The molecule has 8 heteroatoms. The van der Waals surface area contributed by atoms with Crippen molar-refractivity contribution in [3.05, 3.63) is 34.6 Å². The molecule has 2 N–H and O–H groups in total. The van der Waals surface area contributed by atoms with E-state index in [1.54, 1.807) is 16.7 Å².